The van der Waals surface area contributed by atoms with E-state index in [4.69, 9.17) is 0 Å². The largest absolute Gasteiger partial charge is 0.306 e. The molecule has 0 spiro atoms. The van der Waals surface area contributed by atoms with Crippen molar-refractivity contribution in [3.63, 3.8) is 0 Å². The Balaban J connectivity index is 1.44. The molecule has 4 saturated carbocycles. The van der Waals surface area contributed by atoms with Gasteiger partial charge in [-0.3, -0.25) is 0 Å². The second-order valence-electron chi connectivity index (χ2n) is 13.2. The Morgan fingerprint density at radius 2 is 1.55 bits per heavy atom. The molecule has 0 heterocycles. The molecule has 2 heteroatoms. The highest BCUT2D eigenvalue weighted by molar-refractivity contribution is 5.10. The van der Waals surface area contributed by atoms with Crippen LogP contribution in [0.5, 0.6) is 0 Å². The number of fused-ring (bicyclic) bond motifs is 5. The van der Waals surface area contributed by atoms with Crippen LogP contribution in [0.25, 0.3) is 0 Å². The molecule has 0 aromatic carbocycles. The van der Waals surface area contributed by atoms with Crippen molar-refractivity contribution in [2.45, 2.75) is 117 Å². The van der Waals surface area contributed by atoms with Crippen molar-refractivity contribution < 1.29 is 0 Å². The van der Waals surface area contributed by atoms with Crippen molar-refractivity contribution in [1.82, 2.24) is 9.80 Å². The molecule has 4 rings (SSSR count). The van der Waals surface area contributed by atoms with Crippen LogP contribution in [0, 0.1) is 40.4 Å². The first kappa shape index (κ1) is 24.1. The highest BCUT2D eigenvalue weighted by Gasteiger charge is 2.60. The summed E-state index contributed by atoms with van der Waals surface area (Å²) in [6, 6.07) is 1.59. The van der Waals surface area contributed by atoms with Crippen molar-refractivity contribution in [1.29, 1.82) is 0 Å². The second-order valence-corrected chi connectivity index (χ2v) is 13.2. The first-order valence-corrected chi connectivity index (χ1v) is 14.1. The fraction of sp³-hybridized carbons (Fsp3) is 1.00. The summed E-state index contributed by atoms with van der Waals surface area (Å²) in [5, 5.41) is 0. The van der Waals surface area contributed by atoms with Gasteiger partial charge < -0.3 is 9.80 Å². The molecule has 4 aliphatic rings. The molecule has 31 heavy (non-hydrogen) atoms. The number of hydrogen-bond acceptors (Lipinski definition) is 2. The maximum atomic E-state index is 2.75. The van der Waals surface area contributed by atoms with Gasteiger partial charge in [0.25, 0.3) is 0 Å². The van der Waals surface area contributed by atoms with Crippen LogP contribution in [0.3, 0.4) is 0 Å². The Bertz CT molecular complexity index is 602. The van der Waals surface area contributed by atoms with Gasteiger partial charge in [-0.05, 0) is 139 Å². The summed E-state index contributed by atoms with van der Waals surface area (Å²) in [7, 11) is 7.03. The summed E-state index contributed by atoms with van der Waals surface area (Å²) < 4.78 is 0. The number of nitrogens with zero attached hydrogens (tertiary/aromatic N) is 2. The lowest BCUT2D eigenvalue weighted by Crippen LogP contribution is -2.56. The van der Waals surface area contributed by atoms with Gasteiger partial charge in [-0.1, -0.05) is 33.6 Å². The lowest BCUT2D eigenvalue weighted by molar-refractivity contribution is -0.123. The average molecular weight is 431 g/mol. The molecule has 180 valence electrons. The highest BCUT2D eigenvalue weighted by atomic mass is 15.1. The Morgan fingerprint density at radius 3 is 2.26 bits per heavy atom. The maximum absolute atomic E-state index is 2.75. The summed E-state index contributed by atoms with van der Waals surface area (Å²) in [6.07, 6.45) is 17.7. The van der Waals surface area contributed by atoms with E-state index in [9.17, 15) is 0 Å². The van der Waals surface area contributed by atoms with Crippen molar-refractivity contribution in [2.75, 3.05) is 27.7 Å². The zero-order valence-electron chi connectivity index (χ0n) is 22.1. The molecular formula is C29H54N2. The van der Waals surface area contributed by atoms with Gasteiger partial charge in [0.1, 0.15) is 0 Å². The summed E-state index contributed by atoms with van der Waals surface area (Å²) in [5.74, 6) is 4.95. The van der Waals surface area contributed by atoms with Crippen molar-refractivity contribution >= 4 is 0 Å². The van der Waals surface area contributed by atoms with E-state index in [0.29, 0.717) is 10.8 Å². The Hall–Kier alpha value is -0.0800. The van der Waals surface area contributed by atoms with E-state index in [2.05, 4.69) is 58.6 Å². The van der Waals surface area contributed by atoms with Crippen LogP contribution in [0.4, 0.5) is 0 Å². The highest BCUT2D eigenvalue weighted by Crippen LogP contribution is 2.68. The van der Waals surface area contributed by atoms with Crippen LogP contribution in [-0.2, 0) is 0 Å². The molecule has 4 aliphatic carbocycles. The van der Waals surface area contributed by atoms with E-state index in [-0.39, 0.29) is 0 Å². The van der Waals surface area contributed by atoms with Crippen LogP contribution in [-0.4, -0.2) is 49.6 Å². The van der Waals surface area contributed by atoms with Crippen LogP contribution in [0.15, 0.2) is 0 Å². The molecule has 0 unspecified atom stereocenters. The Labute approximate surface area is 194 Å². The second kappa shape index (κ2) is 9.28. The Morgan fingerprint density at radius 1 is 0.839 bits per heavy atom. The molecule has 9 atom stereocenters. The van der Waals surface area contributed by atoms with Gasteiger partial charge in [-0.2, -0.15) is 0 Å². The monoisotopic (exact) mass is 430 g/mol. The standard InChI is InChI=1S/C29H54N2/c1-8-9-10-19-31(7)23-15-17-28(3)22(20-23)11-12-24-26-14-13-25(21(2)30(5)6)29(26,4)18-16-27(24)28/h21-27H,8-20H2,1-7H3/t21-,22-,23-,24-,25+,26-,27-,28-,29+/m0/s1. The smallest absolute Gasteiger partial charge is 0.00952 e. The van der Waals surface area contributed by atoms with Crippen LogP contribution >= 0.6 is 0 Å². The van der Waals surface area contributed by atoms with E-state index < -0.39 is 0 Å². The molecule has 0 aliphatic heterocycles. The SMILES string of the molecule is CCCCCN(C)[C@H]1CC[C@@]2(C)[C@@H](CC[C@@H]3[C@@H]2CC[C@]2(C)[C@@H]([C@H](C)N(C)C)CC[C@@H]32)C1. The fourth-order valence-corrected chi connectivity index (χ4v) is 9.62. The van der Waals surface area contributed by atoms with E-state index in [0.717, 1.165) is 41.7 Å². The normalized spacial score (nSPS) is 46.0. The van der Waals surface area contributed by atoms with Gasteiger partial charge in [0.2, 0.25) is 0 Å². The lowest BCUT2D eigenvalue weighted by atomic mass is 9.44. The predicted octanol–water partition coefficient (Wildman–Crippen LogP) is 7.09. The van der Waals surface area contributed by atoms with Crippen LogP contribution in [0.2, 0.25) is 0 Å². The van der Waals surface area contributed by atoms with Gasteiger partial charge >= 0.3 is 0 Å². The first-order valence-electron chi connectivity index (χ1n) is 14.1. The van der Waals surface area contributed by atoms with Gasteiger partial charge in [0.05, 0.1) is 0 Å². The third kappa shape index (κ3) is 4.16. The summed E-state index contributed by atoms with van der Waals surface area (Å²) >= 11 is 0. The first-order chi connectivity index (χ1) is 14.7. The molecule has 0 amide bonds. The van der Waals surface area contributed by atoms with E-state index in [1.54, 1.807) is 6.42 Å². The van der Waals surface area contributed by atoms with E-state index >= 15 is 0 Å². The number of hydrogen-bond donors (Lipinski definition) is 0. The minimum Gasteiger partial charge on any atom is -0.306 e. The predicted molar refractivity (Wildman–Crippen MR) is 134 cm³/mol. The molecule has 4 fully saturated rings. The van der Waals surface area contributed by atoms with Crippen molar-refractivity contribution in [3.8, 4) is 0 Å². The third-order valence-electron chi connectivity index (χ3n) is 11.8. The van der Waals surface area contributed by atoms with Gasteiger partial charge in [0, 0.05) is 12.1 Å². The summed E-state index contributed by atoms with van der Waals surface area (Å²) in [4.78, 5) is 5.24. The van der Waals surface area contributed by atoms with Gasteiger partial charge in [0.15, 0.2) is 0 Å². The molecule has 0 aromatic rings. The topological polar surface area (TPSA) is 6.48 Å². The molecular weight excluding hydrogens is 376 g/mol. The van der Waals surface area contributed by atoms with E-state index in [1.165, 1.54) is 77.2 Å². The number of unbranched alkanes of at least 4 members (excludes halogenated alkanes) is 2. The molecule has 0 bridgehead atoms. The van der Waals surface area contributed by atoms with Gasteiger partial charge in [-0.15, -0.1) is 0 Å². The van der Waals surface area contributed by atoms with Crippen molar-refractivity contribution in [3.05, 3.63) is 0 Å². The molecule has 0 radical (unpaired) electrons. The zero-order valence-corrected chi connectivity index (χ0v) is 22.1. The zero-order chi connectivity index (χ0) is 22.4. The van der Waals surface area contributed by atoms with Crippen LogP contribution in [0.1, 0.15) is 105 Å². The average Bonchev–Trinajstić information content (AvgIpc) is 3.09. The lowest BCUT2D eigenvalue weighted by Gasteiger charge is -2.62. The summed E-state index contributed by atoms with van der Waals surface area (Å²) in [5.41, 5.74) is 1.24. The number of rotatable bonds is 7. The molecule has 0 N–H and O–H groups in total. The maximum Gasteiger partial charge on any atom is 0.00952 e. The third-order valence-corrected chi connectivity index (χ3v) is 11.8. The molecule has 0 saturated heterocycles. The minimum atomic E-state index is 0.602. The quantitative estimate of drug-likeness (QED) is 0.398. The Kier molecular flexibility index (Phi) is 7.20. The van der Waals surface area contributed by atoms with Crippen LogP contribution < -0.4 is 0 Å². The molecule has 2 nitrogen and oxygen atoms in total. The minimum absolute atomic E-state index is 0.602. The fourth-order valence-electron chi connectivity index (χ4n) is 9.62. The van der Waals surface area contributed by atoms with E-state index in [1.807, 2.05) is 0 Å². The van der Waals surface area contributed by atoms with Gasteiger partial charge in [-0.25, -0.2) is 0 Å². The molecule has 0 aromatic heterocycles. The van der Waals surface area contributed by atoms with Crippen molar-refractivity contribution in [2.24, 2.45) is 40.4 Å². The summed E-state index contributed by atoms with van der Waals surface area (Å²) in [6.45, 7) is 11.6.